The number of hydrogen-bond donors (Lipinski definition) is 1. The lowest BCUT2D eigenvalue weighted by molar-refractivity contribution is 0.588. The molecule has 3 heteroatoms. The van der Waals surface area contributed by atoms with Crippen LogP contribution in [0.3, 0.4) is 0 Å². The number of aryl methyl sites for hydroxylation is 1. The summed E-state index contributed by atoms with van der Waals surface area (Å²) in [6.45, 7) is 3.77. The van der Waals surface area contributed by atoms with Crippen molar-refractivity contribution in [2.45, 2.75) is 19.4 Å². The molecule has 0 radical (unpaired) electrons. The molecule has 0 aliphatic heterocycles. The topological polar surface area (TPSA) is 26.0 Å². The molecule has 0 fully saturated rings. The first-order valence-corrected chi connectivity index (χ1v) is 6.10. The Bertz CT molecular complexity index is 561. The summed E-state index contributed by atoms with van der Waals surface area (Å²) in [5, 5.41) is 0.672. The van der Waals surface area contributed by atoms with Gasteiger partial charge in [-0.2, -0.15) is 0 Å². The second-order valence-electron chi connectivity index (χ2n) is 4.67. The molecule has 0 saturated heterocycles. The standard InChI is InChI=1S/C15H15ClFN/c1-10-9-13(17)7-8-14(10)15(2,18)11-3-5-12(16)6-4-11/h3-9H,18H2,1-2H3. The van der Waals surface area contributed by atoms with Crippen molar-refractivity contribution in [1.29, 1.82) is 0 Å². The zero-order chi connectivity index (χ0) is 13.3. The Labute approximate surface area is 111 Å². The molecule has 2 aromatic carbocycles. The van der Waals surface area contributed by atoms with E-state index < -0.39 is 5.54 Å². The SMILES string of the molecule is Cc1cc(F)ccc1C(C)(N)c1ccc(Cl)cc1. The zero-order valence-electron chi connectivity index (χ0n) is 10.4. The van der Waals surface area contributed by atoms with Gasteiger partial charge in [-0.05, 0) is 54.8 Å². The third-order valence-electron chi connectivity index (χ3n) is 3.19. The number of hydrogen-bond acceptors (Lipinski definition) is 1. The van der Waals surface area contributed by atoms with Gasteiger partial charge in [-0.25, -0.2) is 4.39 Å². The first-order chi connectivity index (χ1) is 8.41. The fourth-order valence-electron chi connectivity index (χ4n) is 2.16. The second-order valence-corrected chi connectivity index (χ2v) is 5.10. The van der Waals surface area contributed by atoms with Gasteiger partial charge >= 0.3 is 0 Å². The molecule has 0 aliphatic carbocycles. The molecule has 1 atom stereocenters. The molecule has 0 saturated carbocycles. The minimum absolute atomic E-state index is 0.247. The van der Waals surface area contributed by atoms with E-state index in [-0.39, 0.29) is 5.82 Å². The van der Waals surface area contributed by atoms with Gasteiger partial charge in [0, 0.05) is 5.02 Å². The highest BCUT2D eigenvalue weighted by atomic mass is 35.5. The van der Waals surface area contributed by atoms with Gasteiger partial charge < -0.3 is 5.73 Å². The van der Waals surface area contributed by atoms with Crippen LogP contribution < -0.4 is 5.73 Å². The fourth-order valence-corrected chi connectivity index (χ4v) is 2.29. The maximum Gasteiger partial charge on any atom is 0.123 e. The Morgan fingerprint density at radius 1 is 1.11 bits per heavy atom. The van der Waals surface area contributed by atoms with Crippen LogP contribution in [0.5, 0.6) is 0 Å². The predicted octanol–water partition coefficient (Wildman–Crippen LogP) is 4.01. The normalized spacial score (nSPS) is 14.3. The van der Waals surface area contributed by atoms with Crippen LogP contribution in [0, 0.1) is 12.7 Å². The molecule has 0 aliphatic rings. The van der Waals surface area contributed by atoms with Crippen molar-refractivity contribution in [2.24, 2.45) is 5.73 Å². The monoisotopic (exact) mass is 263 g/mol. The lowest BCUT2D eigenvalue weighted by Crippen LogP contribution is -2.35. The molecule has 0 amide bonds. The van der Waals surface area contributed by atoms with Crippen LogP contribution in [0.2, 0.25) is 5.02 Å². The molecule has 2 rings (SSSR count). The number of rotatable bonds is 2. The van der Waals surface area contributed by atoms with Gasteiger partial charge in [0.2, 0.25) is 0 Å². The van der Waals surface area contributed by atoms with Crippen LogP contribution in [-0.4, -0.2) is 0 Å². The summed E-state index contributed by atoms with van der Waals surface area (Å²) in [5.41, 5.74) is 8.43. The average Bonchev–Trinajstić information content (AvgIpc) is 2.29. The van der Waals surface area contributed by atoms with Crippen LogP contribution in [0.15, 0.2) is 42.5 Å². The Kier molecular flexibility index (Phi) is 3.42. The van der Waals surface area contributed by atoms with E-state index in [0.29, 0.717) is 5.02 Å². The molecule has 0 spiro atoms. The molecule has 94 valence electrons. The van der Waals surface area contributed by atoms with Crippen LogP contribution in [0.1, 0.15) is 23.6 Å². The molecule has 1 nitrogen and oxygen atoms in total. The summed E-state index contributed by atoms with van der Waals surface area (Å²) < 4.78 is 13.1. The van der Waals surface area contributed by atoms with Gasteiger partial charge in [-0.15, -0.1) is 0 Å². The lowest BCUT2D eigenvalue weighted by atomic mass is 9.83. The van der Waals surface area contributed by atoms with Crippen molar-refractivity contribution in [3.8, 4) is 0 Å². The van der Waals surface area contributed by atoms with Crippen molar-refractivity contribution >= 4 is 11.6 Å². The summed E-state index contributed by atoms with van der Waals surface area (Å²) in [7, 11) is 0. The van der Waals surface area contributed by atoms with Crippen LogP contribution in [0.25, 0.3) is 0 Å². The molecule has 0 bridgehead atoms. The van der Waals surface area contributed by atoms with Crippen molar-refractivity contribution < 1.29 is 4.39 Å². The van der Waals surface area contributed by atoms with Gasteiger partial charge in [-0.1, -0.05) is 29.8 Å². The van der Waals surface area contributed by atoms with E-state index in [2.05, 4.69) is 0 Å². The Morgan fingerprint density at radius 2 is 1.72 bits per heavy atom. The average molecular weight is 264 g/mol. The van der Waals surface area contributed by atoms with E-state index in [4.69, 9.17) is 17.3 Å². The van der Waals surface area contributed by atoms with Crippen LogP contribution in [-0.2, 0) is 5.54 Å². The van der Waals surface area contributed by atoms with E-state index in [1.54, 1.807) is 18.2 Å². The molecule has 2 aromatic rings. The Hall–Kier alpha value is -1.38. The summed E-state index contributed by atoms with van der Waals surface area (Å²) >= 11 is 5.87. The van der Waals surface area contributed by atoms with E-state index in [1.165, 1.54) is 12.1 Å². The van der Waals surface area contributed by atoms with Gasteiger partial charge in [0.25, 0.3) is 0 Å². The number of benzene rings is 2. The van der Waals surface area contributed by atoms with Crippen molar-refractivity contribution in [2.75, 3.05) is 0 Å². The highest BCUT2D eigenvalue weighted by molar-refractivity contribution is 6.30. The Balaban J connectivity index is 2.50. The third-order valence-corrected chi connectivity index (χ3v) is 3.44. The molecule has 1 unspecified atom stereocenters. The van der Waals surface area contributed by atoms with Crippen molar-refractivity contribution in [3.63, 3.8) is 0 Å². The first-order valence-electron chi connectivity index (χ1n) is 5.73. The van der Waals surface area contributed by atoms with Crippen LogP contribution >= 0.6 is 11.6 Å². The van der Waals surface area contributed by atoms with E-state index in [9.17, 15) is 4.39 Å². The smallest absolute Gasteiger partial charge is 0.123 e. The third kappa shape index (κ3) is 2.40. The molecule has 0 aromatic heterocycles. The van der Waals surface area contributed by atoms with Gasteiger partial charge in [0.15, 0.2) is 0 Å². The quantitative estimate of drug-likeness (QED) is 0.870. The summed E-state index contributed by atoms with van der Waals surface area (Å²) in [4.78, 5) is 0. The van der Waals surface area contributed by atoms with E-state index in [0.717, 1.165) is 16.7 Å². The van der Waals surface area contributed by atoms with Crippen molar-refractivity contribution in [1.82, 2.24) is 0 Å². The number of halogens is 2. The molecule has 2 N–H and O–H groups in total. The lowest BCUT2D eigenvalue weighted by Gasteiger charge is -2.27. The molecule has 18 heavy (non-hydrogen) atoms. The predicted molar refractivity (Wildman–Crippen MR) is 73.2 cm³/mol. The first kappa shape index (κ1) is 13.1. The second kappa shape index (κ2) is 4.71. The summed E-state index contributed by atoms with van der Waals surface area (Å²) in [6, 6.07) is 12.1. The minimum Gasteiger partial charge on any atom is -0.318 e. The molecular formula is C15H15ClFN. The van der Waals surface area contributed by atoms with Gasteiger partial charge in [0.1, 0.15) is 5.82 Å². The Morgan fingerprint density at radius 3 is 2.28 bits per heavy atom. The van der Waals surface area contributed by atoms with E-state index >= 15 is 0 Å². The molecular weight excluding hydrogens is 249 g/mol. The molecule has 0 heterocycles. The highest BCUT2D eigenvalue weighted by Crippen LogP contribution is 2.30. The maximum absolute atomic E-state index is 13.1. The van der Waals surface area contributed by atoms with E-state index in [1.807, 2.05) is 26.0 Å². The van der Waals surface area contributed by atoms with Crippen molar-refractivity contribution in [3.05, 3.63) is 70.0 Å². The maximum atomic E-state index is 13.1. The van der Waals surface area contributed by atoms with Gasteiger partial charge in [-0.3, -0.25) is 0 Å². The zero-order valence-corrected chi connectivity index (χ0v) is 11.1. The van der Waals surface area contributed by atoms with Gasteiger partial charge in [0.05, 0.1) is 5.54 Å². The minimum atomic E-state index is -0.664. The van der Waals surface area contributed by atoms with Crippen LogP contribution in [0.4, 0.5) is 4.39 Å². The summed E-state index contributed by atoms with van der Waals surface area (Å²) in [5.74, 6) is -0.247. The summed E-state index contributed by atoms with van der Waals surface area (Å²) in [6.07, 6.45) is 0. The highest BCUT2D eigenvalue weighted by Gasteiger charge is 2.25. The number of nitrogens with two attached hydrogens (primary N) is 1. The fraction of sp³-hybridized carbons (Fsp3) is 0.200. The largest absolute Gasteiger partial charge is 0.318 e.